The first-order chi connectivity index (χ1) is 6.33. The summed E-state index contributed by atoms with van der Waals surface area (Å²) in [5.74, 6) is 0. The van der Waals surface area contributed by atoms with Gasteiger partial charge in [-0.25, -0.2) is 5.43 Å². The third-order valence-corrected chi connectivity index (χ3v) is 1.61. The molecule has 0 atom stereocenters. The van der Waals surface area contributed by atoms with Crippen molar-refractivity contribution < 1.29 is 4.79 Å². The highest BCUT2D eigenvalue weighted by Crippen LogP contribution is 2.00. The average Bonchev–Trinajstić information content (AvgIpc) is 2.16. The molecule has 1 N–H and O–H groups in total. The van der Waals surface area contributed by atoms with Crippen molar-refractivity contribution in [1.29, 1.82) is 0 Å². The topological polar surface area (TPSA) is 41.5 Å². The van der Waals surface area contributed by atoms with Gasteiger partial charge in [0.2, 0.25) is 6.41 Å². The van der Waals surface area contributed by atoms with E-state index in [1.54, 1.807) is 0 Å². The second-order valence-electron chi connectivity index (χ2n) is 2.76. The maximum absolute atomic E-state index is 9.94. The van der Waals surface area contributed by atoms with Gasteiger partial charge in [-0.2, -0.15) is 5.10 Å². The number of benzene rings is 1. The van der Waals surface area contributed by atoms with E-state index >= 15 is 0 Å². The van der Waals surface area contributed by atoms with Gasteiger partial charge in [-0.3, -0.25) is 4.79 Å². The van der Waals surface area contributed by atoms with E-state index < -0.39 is 0 Å². The van der Waals surface area contributed by atoms with Crippen LogP contribution in [0.5, 0.6) is 0 Å². The van der Waals surface area contributed by atoms with E-state index in [9.17, 15) is 4.79 Å². The molecule has 0 bridgehead atoms. The van der Waals surface area contributed by atoms with E-state index in [2.05, 4.69) is 10.5 Å². The molecule has 13 heavy (non-hydrogen) atoms. The summed E-state index contributed by atoms with van der Waals surface area (Å²) in [5.41, 5.74) is 4.35. The zero-order valence-corrected chi connectivity index (χ0v) is 7.53. The molecule has 0 unspecified atom stereocenters. The minimum Gasteiger partial charge on any atom is -0.277 e. The predicted octanol–water partition coefficient (Wildman–Crippen LogP) is 1.35. The van der Waals surface area contributed by atoms with Crippen LogP contribution in [0.1, 0.15) is 12.5 Å². The molecule has 1 aromatic carbocycles. The first-order valence-corrected chi connectivity index (χ1v) is 4.09. The SMILES string of the molecule is CC(Cc1ccccc1)=NNC=O. The van der Waals surface area contributed by atoms with Crippen molar-refractivity contribution in [2.24, 2.45) is 5.10 Å². The lowest BCUT2D eigenvalue weighted by atomic mass is 10.1. The first-order valence-electron chi connectivity index (χ1n) is 4.09. The smallest absolute Gasteiger partial charge is 0.227 e. The minimum absolute atomic E-state index is 0.564. The second-order valence-corrected chi connectivity index (χ2v) is 2.76. The van der Waals surface area contributed by atoms with Gasteiger partial charge in [0, 0.05) is 12.1 Å². The van der Waals surface area contributed by atoms with E-state index in [4.69, 9.17) is 0 Å². The number of rotatable bonds is 4. The molecule has 0 saturated heterocycles. The molecule has 1 rings (SSSR count). The molecular formula is C10H12N2O. The van der Waals surface area contributed by atoms with Crippen LogP contribution >= 0.6 is 0 Å². The number of hydrazone groups is 1. The number of amides is 1. The van der Waals surface area contributed by atoms with Crippen molar-refractivity contribution in [1.82, 2.24) is 5.43 Å². The number of carbonyl (C=O) groups excluding carboxylic acids is 1. The average molecular weight is 176 g/mol. The largest absolute Gasteiger partial charge is 0.277 e. The first kappa shape index (κ1) is 9.45. The molecule has 0 radical (unpaired) electrons. The van der Waals surface area contributed by atoms with Gasteiger partial charge in [0.05, 0.1) is 0 Å². The van der Waals surface area contributed by atoms with Crippen LogP contribution in [-0.4, -0.2) is 12.1 Å². The Kier molecular flexibility index (Phi) is 3.70. The minimum atomic E-state index is 0.564. The van der Waals surface area contributed by atoms with Crippen LogP contribution in [0, 0.1) is 0 Å². The Hall–Kier alpha value is -1.64. The number of carbonyl (C=O) groups is 1. The van der Waals surface area contributed by atoms with Crippen molar-refractivity contribution in [3.63, 3.8) is 0 Å². The van der Waals surface area contributed by atoms with Crippen molar-refractivity contribution in [3.8, 4) is 0 Å². The lowest BCUT2D eigenvalue weighted by Gasteiger charge is -1.99. The van der Waals surface area contributed by atoms with Gasteiger partial charge in [-0.05, 0) is 12.5 Å². The van der Waals surface area contributed by atoms with E-state index in [-0.39, 0.29) is 0 Å². The van der Waals surface area contributed by atoms with Crippen LogP contribution in [0.2, 0.25) is 0 Å². The Balaban J connectivity index is 2.54. The fraction of sp³-hybridized carbons (Fsp3) is 0.200. The van der Waals surface area contributed by atoms with Crippen LogP contribution in [0.15, 0.2) is 35.4 Å². The zero-order valence-electron chi connectivity index (χ0n) is 7.53. The number of nitrogens with zero attached hydrogens (tertiary/aromatic N) is 1. The quantitative estimate of drug-likeness (QED) is 0.420. The summed E-state index contributed by atoms with van der Waals surface area (Å²) in [6.45, 7) is 1.88. The summed E-state index contributed by atoms with van der Waals surface area (Å²) in [6.07, 6.45) is 1.33. The summed E-state index contributed by atoms with van der Waals surface area (Å²) in [6, 6.07) is 9.99. The molecule has 0 heterocycles. The van der Waals surface area contributed by atoms with Crippen molar-refractivity contribution in [3.05, 3.63) is 35.9 Å². The third kappa shape index (κ3) is 3.51. The van der Waals surface area contributed by atoms with Gasteiger partial charge in [-0.1, -0.05) is 30.3 Å². The van der Waals surface area contributed by atoms with E-state index in [0.29, 0.717) is 6.41 Å². The van der Waals surface area contributed by atoms with Crippen LogP contribution in [0.3, 0.4) is 0 Å². The maximum atomic E-state index is 9.94. The fourth-order valence-corrected chi connectivity index (χ4v) is 1.07. The lowest BCUT2D eigenvalue weighted by Crippen LogP contribution is -2.07. The molecule has 0 spiro atoms. The van der Waals surface area contributed by atoms with Crippen LogP contribution in [0.25, 0.3) is 0 Å². The van der Waals surface area contributed by atoms with Gasteiger partial charge in [0.25, 0.3) is 0 Å². The maximum Gasteiger partial charge on any atom is 0.227 e. The summed E-state index contributed by atoms with van der Waals surface area (Å²) in [7, 11) is 0. The van der Waals surface area contributed by atoms with E-state index in [1.165, 1.54) is 5.56 Å². The van der Waals surface area contributed by atoms with Gasteiger partial charge in [-0.15, -0.1) is 0 Å². The molecular weight excluding hydrogens is 164 g/mol. The molecule has 3 heteroatoms. The van der Waals surface area contributed by atoms with Crippen LogP contribution in [0.4, 0.5) is 0 Å². The molecule has 0 aromatic heterocycles. The second kappa shape index (κ2) is 5.09. The van der Waals surface area contributed by atoms with E-state index in [1.807, 2.05) is 37.3 Å². The summed E-state index contributed by atoms with van der Waals surface area (Å²) < 4.78 is 0. The Labute approximate surface area is 77.5 Å². The Morgan fingerprint density at radius 3 is 2.77 bits per heavy atom. The molecule has 0 saturated carbocycles. The van der Waals surface area contributed by atoms with Gasteiger partial charge >= 0.3 is 0 Å². The standard InChI is InChI=1S/C10H12N2O/c1-9(12-11-8-13)7-10-5-3-2-4-6-10/h2-6,8H,7H2,1H3,(H,11,13). The van der Waals surface area contributed by atoms with Gasteiger partial charge in [0.1, 0.15) is 0 Å². The molecule has 3 nitrogen and oxygen atoms in total. The lowest BCUT2D eigenvalue weighted by molar-refractivity contribution is -0.109. The summed E-state index contributed by atoms with van der Waals surface area (Å²) in [5, 5.41) is 3.84. The van der Waals surface area contributed by atoms with Crippen molar-refractivity contribution >= 4 is 12.1 Å². The number of hydrogen-bond donors (Lipinski definition) is 1. The summed E-state index contributed by atoms with van der Waals surface area (Å²) >= 11 is 0. The van der Waals surface area contributed by atoms with Crippen molar-refractivity contribution in [2.45, 2.75) is 13.3 Å². The molecule has 0 aliphatic heterocycles. The van der Waals surface area contributed by atoms with Gasteiger partial charge < -0.3 is 0 Å². The highest BCUT2D eigenvalue weighted by Gasteiger charge is 1.93. The Bertz CT molecular complexity index is 293. The zero-order chi connectivity index (χ0) is 9.52. The molecule has 0 aliphatic rings. The predicted molar refractivity (Wildman–Crippen MR) is 52.5 cm³/mol. The normalized spacial score (nSPS) is 11.0. The third-order valence-electron chi connectivity index (χ3n) is 1.61. The molecule has 1 amide bonds. The molecule has 0 fully saturated rings. The number of nitrogens with one attached hydrogen (secondary N) is 1. The highest BCUT2D eigenvalue weighted by atomic mass is 16.1. The number of hydrogen-bond acceptors (Lipinski definition) is 2. The molecule has 1 aromatic rings. The van der Waals surface area contributed by atoms with Crippen molar-refractivity contribution in [2.75, 3.05) is 0 Å². The Morgan fingerprint density at radius 1 is 1.46 bits per heavy atom. The summed E-state index contributed by atoms with van der Waals surface area (Å²) in [4.78, 5) is 9.94. The Morgan fingerprint density at radius 2 is 2.15 bits per heavy atom. The van der Waals surface area contributed by atoms with Crippen LogP contribution in [-0.2, 0) is 11.2 Å². The molecule has 68 valence electrons. The van der Waals surface area contributed by atoms with Crippen LogP contribution < -0.4 is 5.43 Å². The van der Waals surface area contributed by atoms with E-state index in [0.717, 1.165) is 12.1 Å². The highest BCUT2D eigenvalue weighted by molar-refractivity contribution is 5.84. The van der Waals surface area contributed by atoms with Gasteiger partial charge in [0.15, 0.2) is 0 Å². The molecule has 0 aliphatic carbocycles. The monoisotopic (exact) mass is 176 g/mol. The fourth-order valence-electron chi connectivity index (χ4n) is 1.07.